The number of Topliss-reactive ketones (excluding diaryl/α,β-unsaturated/α-hetero) is 1. The summed E-state index contributed by atoms with van der Waals surface area (Å²) in [4.78, 5) is 22.0. The predicted octanol–water partition coefficient (Wildman–Crippen LogP) is 1.70. The lowest BCUT2D eigenvalue weighted by Crippen LogP contribution is -2.14. The van der Waals surface area contributed by atoms with E-state index in [0.717, 1.165) is 0 Å². The van der Waals surface area contributed by atoms with Crippen LogP contribution in [-0.2, 0) is 14.3 Å². The molecule has 0 fully saturated rings. The fourth-order valence-electron chi connectivity index (χ4n) is 1.36. The van der Waals surface area contributed by atoms with Crippen LogP contribution in [0.1, 0.15) is 13.3 Å². The van der Waals surface area contributed by atoms with Crippen LogP contribution in [-0.4, -0.2) is 18.4 Å². The van der Waals surface area contributed by atoms with Gasteiger partial charge in [-0.15, -0.1) is 0 Å². The van der Waals surface area contributed by atoms with E-state index in [1.54, 1.807) is 24.3 Å². The molecule has 1 unspecified atom stereocenters. The Kier molecular flexibility index (Phi) is 4.89. The molecule has 0 aliphatic heterocycles. The highest BCUT2D eigenvalue weighted by Gasteiger charge is 2.11. The van der Waals surface area contributed by atoms with E-state index in [2.05, 4.69) is 4.74 Å². The van der Waals surface area contributed by atoms with Crippen LogP contribution in [0, 0.1) is 17.2 Å². The molecule has 1 aliphatic carbocycles. The lowest BCUT2D eigenvalue weighted by Gasteiger charge is -2.06. The summed E-state index contributed by atoms with van der Waals surface area (Å²) >= 11 is 0. The van der Waals surface area contributed by atoms with E-state index in [1.165, 1.54) is 6.92 Å². The first kappa shape index (κ1) is 12.9. The SMILES string of the molecule is CC(=O)OCC(=O)CC1C=CC=C(C#N)C=C1. The highest BCUT2D eigenvalue weighted by Crippen LogP contribution is 2.13. The summed E-state index contributed by atoms with van der Waals surface area (Å²) < 4.78 is 4.62. The molecule has 0 radical (unpaired) electrons. The van der Waals surface area contributed by atoms with Gasteiger partial charge >= 0.3 is 5.97 Å². The van der Waals surface area contributed by atoms with Crippen LogP contribution in [0.25, 0.3) is 0 Å². The Morgan fingerprint density at radius 3 is 2.88 bits per heavy atom. The van der Waals surface area contributed by atoms with Gasteiger partial charge in [-0.1, -0.05) is 18.2 Å². The molecule has 0 aromatic carbocycles. The van der Waals surface area contributed by atoms with Crippen LogP contribution in [0.4, 0.5) is 0 Å². The largest absolute Gasteiger partial charge is 0.458 e. The molecule has 0 N–H and O–H groups in total. The number of rotatable bonds is 4. The molecule has 17 heavy (non-hydrogen) atoms. The second-order valence-corrected chi connectivity index (χ2v) is 3.66. The van der Waals surface area contributed by atoms with Gasteiger partial charge < -0.3 is 4.74 Å². The zero-order chi connectivity index (χ0) is 12.7. The Morgan fingerprint density at radius 2 is 2.24 bits per heavy atom. The van der Waals surface area contributed by atoms with Gasteiger partial charge in [0.25, 0.3) is 0 Å². The first-order chi connectivity index (χ1) is 8.11. The molecule has 0 saturated carbocycles. The van der Waals surface area contributed by atoms with Gasteiger partial charge in [-0.2, -0.15) is 5.26 Å². The zero-order valence-corrected chi connectivity index (χ0v) is 9.55. The second-order valence-electron chi connectivity index (χ2n) is 3.66. The van der Waals surface area contributed by atoms with Crippen molar-refractivity contribution in [2.45, 2.75) is 13.3 Å². The molecular formula is C13H13NO3. The lowest BCUT2D eigenvalue weighted by atomic mass is 10.0. The molecule has 0 aromatic rings. The minimum absolute atomic E-state index is 0.0554. The number of esters is 1. The summed E-state index contributed by atoms with van der Waals surface area (Å²) in [6.45, 7) is 1.08. The van der Waals surface area contributed by atoms with Crippen LogP contribution < -0.4 is 0 Å². The number of hydrogen-bond donors (Lipinski definition) is 0. The Hall–Kier alpha value is -2.15. The monoisotopic (exact) mass is 231 g/mol. The van der Waals surface area contributed by atoms with Crippen LogP contribution in [0.15, 0.2) is 36.0 Å². The van der Waals surface area contributed by atoms with Crippen LogP contribution in [0.3, 0.4) is 0 Å². The van der Waals surface area contributed by atoms with Crippen molar-refractivity contribution in [2.24, 2.45) is 5.92 Å². The minimum atomic E-state index is -0.460. The van der Waals surface area contributed by atoms with Crippen molar-refractivity contribution in [2.75, 3.05) is 6.61 Å². The molecule has 1 aliphatic rings. The van der Waals surface area contributed by atoms with E-state index in [0.29, 0.717) is 5.57 Å². The maximum Gasteiger partial charge on any atom is 0.303 e. The van der Waals surface area contributed by atoms with Crippen molar-refractivity contribution in [3.05, 3.63) is 36.0 Å². The summed E-state index contributed by atoms with van der Waals surface area (Å²) in [5, 5.41) is 8.70. The van der Waals surface area contributed by atoms with Crippen molar-refractivity contribution in [1.82, 2.24) is 0 Å². The third-order valence-electron chi connectivity index (χ3n) is 2.19. The van der Waals surface area contributed by atoms with Gasteiger partial charge in [-0.3, -0.25) is 9.59 Å². The predicted molar refractivity (Wildman–Crippen MR) is 61.7 cm³/mol. The minimum Gasteiger partial charge on any atom is -0.458 e. The molecule has 4 heteroatoms. The molecule has 0 aromatic heterocycles. The molecule has 4 nitrogen and oxygen atoms in total. The van der Waals surface area contributed by atoms with E-state index in [1.807, 2.05) is 12.1 Å². The molecule has 0 saturated heterocycles. The number of nitriles is 1. The first-order valence-electron chi connectivity index (χ1n) is 5.23. The summed E-state index contributed by atoms with van der Waals surface area (Å²) in [6.07, 6.45) is 9.03. The average molecular weight is 231 g/mol. The average Bonchev–Trinajstić information content (AvgIpc) is 2.51. The van der Waals surface area contributed by atoms with E-state index in [9.17, 15) is 9.59 Å². The zero-order valence-electron chi connectivity index (χ0n) is 9.55. The first-order valence-corrected chi connectivity index (χ1v) is 5.23. The van der Waals surface area contributed by atoms with E-state index >= 15 is 0 Å². The maximum absolute atomic E-state index is 11.5. The fraction of sp³-hybridized carbons (Fsp3) is 0.308. The molecule has 88 valence electrons. The summed E-state index contributed by atoms with van der Waals surface area (Å²) in [5.41, 5.74) is 0.552. The Balaban J connectivity index is 2.47. The van der Waals surface area contributed by atoms with E-state index in [4.69, 9.17) is 5.26 Å². The van der Waals surface area contributed by atoms with Gasteiger partial charge in [-0.05, 0) is 12.2 Å². The number of ketones is 1. The van der Waals surface area contributed by atoms with Crippen molar-refractivity contribution in [1.29, 1.82) is 5.26 Å². The van der Waals surface area contributed by atoms with Crippen molar-refractivity contribution in [3.8, 4) is 6.07 Å². The molecule has 1 rings (SSSR count). The summed E-state index contributed by atoms with van der Waals surface area (Å²) in [6, 6.07) is 2.03. The molecule has 0 spiro atoms. The highest BCUT2D eigenvalue weighted by atomic mass is 16.5. The number of nitrogens with zero attached hydrogens (tertiary/aromatic N) is 1. The van der Waals surface area contributed by atoms with Gasteiger partial charge in [0.1, 0.15) is 6.61 Å². The van der Waals surface area contributed by atoms with Crippen LogP contribution in [0.2, 0.25) is 0 Å². The Labute approximate surface area is 99.9 Å². The molecule has 0 amide bonds. The molecule has 1 atom stereocenters. The number of ether oxygens (including phenoxy) is 1. The van der Waals surface area contributed by atoms with E-state index < -0.39 is 5.97 Å². The highest BCUT2D eigenvalue weighted by molar-refractivity contribution is 5.82. The molecule has 0 heterocycles. The third kappa shape index (κ3) is 4.94. The number of carbonyl (C=O) groups excluding carboxylic acids is 2. The number of allylic oxidation sites excluding steroid dienone is 6. The smallest absolute Gasteiger partial charge is 0.303 e. The van der Waals surface area contributed by atoms with Gasteiger partial charge in [0.15, 0.2) is 5.78 Å². The molecule has 0 bridgehead atoms. The van der Waals surface area contributed by atoms with Crippen molar-refractivity contribution in [3.63, 3.8) is 0 Å². The Morgan fingerprint density at radius 1 is 1.47 bits per heavy atom. The normalized spacial score (nSPS) is 17.9. The van der Waals surface area contributed by atoms with Crippen molar-refractivity contribution >= 4 is 11.8 Å². The van der Waals surface area contributed by atoms with Crippen molar-refractivity contribution < 1.29 is 14.3 Å². The quantitative estimate of drug-likeness (QED) is 0.690. The fourth-order valence-corrected chi connectivity index (χ4v) is 1.36. The molecular weight excluding hydrogens is 218 g/mol. The third-order valence-corrected chi connectivity index (χ3v) is 2.19. The van der Waals surface area contributed by atoms with Gasteiger partial charge in [0, 0.05) is 19.3 Å². The van der Waals surface area contributed by atoms with Crippen LogP contribution >= 0.6 is 0 Å². The summed E-state index contributed by atoms with van der Waals surface area (Å²) in [5.74, 6) is -0.654. The topological polar surface area (TPSA) is 67.2 Å². The standard InChI is InChI=1S/C13H13NO3/c1-10(15)17-9-13(16)7-11-3-2-4-12(8-14)6-5-11/h2-6,11H,7,9H2,1H3. The van der Waals surface area contributed by atoms with Crippen LogP contribution in [0.5, 0.6) is 0 Å². The summed E-state index contributed by atoms with van der Waals surface area (Å²) in [7, 11) is 0. The van der Waals surface area contributed by atoms with Gasteiger partial charge in [0.05, 0.1) is 11.6 Å². The van der Waals surface area contributed by atoms with Gasteiger partial charge in [0.2, 0.25) is 0 Å². The Bertz CT molecular complexity index is 438. The second kappa shape index (κ2) is 6.44. The van der Waals surface area contributed by atoms with E-state index in [-0.39, 0.29) is 24.7 Å². The maximum atomic E-state index is 11.5. The van der Waals surface area contributed by atoms with Gasteiger partial charge in [-0.25, -0.2) is 0 Å². The number of hydrogen-bond acceptors (Lipinski definition) is 4. The lowest BCUT2D eigenvalue weighted by molar-refractivity contribution is -0.145. The number of carbonyl (C=O) groups is 2.